The maximum Gasteiger partial charge on any atom is 0.264 e. The van der Waals surface area contributed by atoms with E-state index in [1.165, 1.54) is 24.1 Å². The van der Waals surface area contributed by atoms with Crippen LogP contribution in [0.3, 0.4) is 0 Å². The van der Waals surface area contributed by atoms with Crippen molar-refractivity contribution >= 4 is 50.7 Å². The Hall–Kier alpha value is -3.27. The molecule has 1 fully saturated rings. The zero-order valence-corrected chi connectivity index (χ0v) is 26.0. The predicted molar refractivity (Wildman–Crippen MR) is 165 cm³/mol. The van der Waals surface area contributed by atoms with Crippen molar-refractivity contribution < 1.29 is 22.7 Å². The van der Waals surface area contributed by atoms with Gasteiger partial charge in [0.05, 0.1) is 27.7 Å². The molecule has 0 aromatic heterocycles. The Morgan fingerprint density at radius 1 is 0.976 bits per heavy atom. The molecule has 224 valence electrons. The van der Waals surface area contributed by atoms with Crippen LogP contribution in [0.4, 0.5) is 5.69 Å². The van der Waals surface area contributed by atoms with E-state index in [1.807, 2.05) is 6.92 Å². The van der Waals surface area contributed by atoms with Gasteiger partial charge in [-0.2, -0.15) is 0 Å². The molecule has 11 heteroatoms. The monoisotopic (exact) mass is 631 g/mol. The summed E-state index contributed by atoms with van der Waals surface area (Å²) < 4.78 is 34.5. The lowest BCUT2D eigenvalue weighted by Crippen LogP contribution is -2.53. The highest BCUT2D eigenvalue weighted by molar-refractivity contribution is 7.92. The van der Waals surface area contributed by atoms with Gasteiger partial charge in [-0.1, -0.05) is 79.4 Å². The van der Waals surface area contributed by atoms with Crippen LogP contribution >= 0.6 is 23.2 Å². The first kappa shape index (κ1) is 31.7. The number of amides is 2. The number of carbonyl (C=O) groups excluding carboxylic acids is 2. The molecule has 0 aliphatic heterocycles. The van der Waals surface area contributed by atoms with Crippen LogP contribution in [0.2, 0.25) is 10.0 Å². The number of nitrogens with one attached hydrogen (secondary N) is 1. The third-order valence-electron chi connectivity index (χ3n) is 7.39. The molecule has 1 aliphatic carbocycles. The first-order valence-corrected chi connectivity index (χ1v) is 16.1. The Kier molecular flexibility index (Phi) is 10.8. The normalized spacial score (nSPS) is 14.3. The van der Waals surface area contributed by atoms with Gasteiger partial charge in [0.15, 0.2) is 0 Å². The van der Waals surface area contributed by atoms with E-state index < -0.39 is 28.5 Å². The summed E-state index contributed by atoms with van der Waals surface area (Å²) in [7, 11) is -2.77. The minimum absolute atomic E-state index is 0.0192. The summed E-state index contributed by atoms with van der Waals surface area (Å²) in [5.41, 5.74) is 0.856. The quantitative estimate of drug-likeness (QED) is 0.262. The summed E-state index contributed by atoms with van der Waals surface area (Å²) in [5.74, 6) is -0.542. The molecule has 0 saturated heterocycles. The largest absolute Gasteiger partial charge is 0.495 e. The topological polar surface area (TPSA) is 96.0 Å². The second-order valence-electron chi connectivity index (χ2n) is 10.2. The summed E-state index contributed by atoms with van der Waals surface area (Å²) in [6, 6.07) is 18.7. The first-order valence-electron chi connectivity index (χ1n) is 13.9. The summed E-state index contributed by atoms with van der Waals surface area (Å²) >= 11 is 12.4. The Balaban J connectivity index is 1.74. The molecule has 0 radical (unpaired) electrons. The van der Waals surface area contributed by atoms with E-state index in [9.17, 15) is 18.0 Å². The molecule has 4 rings (SSSR count). The second-order valence-corrected chi connectivity index (χ2v) is 12.9. The molecule has 1 aliphatic rings. The van der Waals surface area contributed by atoms with E-state index in [-0.39, 0.29) is 34.8 Å². The summed E-state index contributed by atoms with van der Waals surface area (Å²) in [5, 5.41) is 3.77. The fraction of sp³-hybridized carbons (Fsp3) is 0.355. The number of carbonyl (C=O) groups is 2. The van der Waals surface area contributed by atoms with Crippen LogP contribution in [0.1, 0.15) is 44.6 Å². The van der Waals surface area contributed by atoms with Crippen molar-refractivity contribution in [3.8, 4) is 5.75 Å². The highest BCUT2D eigenvalue weighted by Gasteiger charge is 2.35. The summed E-state index contributed by atoms with van der Waals surface area (Å²) in [6.45, 7) is 1.29. The SMILES string of the molecule is CC[C@@H](C(=O)NC1CCCC1)N(Cc1ccc(Cl)c(Cl)c1)C(=O)CN(c1ccccc1OC)S(=O)(=O)c1ccccc1. The van der Waals surface area contributed by atoms with Gasteiger partial charge in [0.2, 0.25) is 11.8 Å². The van der Waals surface area contributed by atoms with E-state index in [1.54, 1.807) is 60.7 Å². The Bertz CT molecular complexity index is 1500. The molecule has 0 heterocycles. The number of methoxy groups -OCH3 is 1. The van der Waals surface area contributed by atoms with Gasteiger partial charge >= 0.3 is 0 Å². The highest BCUT2D eigenvalue weighted by Crippen LogP contribution is 2.33. The van der Waals surface area contributed by atoms with Crippen molar-refractivity contribution in [2.75, 3.05) is 18.0 Å². The van der Waals surface area contributed by atoms with Crippen molar-refractivity contribution in [1.82, 2.24) is 10.2 Å². The first-order chi connectivity index (χ1) is 20.1. The molecule has 42 heavy (non-hydrogen) atoms. The number of benzene rings is 3. The van der Waals surface area contributed by atoms with Gasteiger partial charge in [-0.3, -0.25) is 13.9 Å². The summed E-state index contributed by atoms with van der Waals surface area (Å²) in [4.78, 5) is 29.2. The lowest BCUT2D eigenvalue weighted by molar-refractivity contribution is -0.140. The number of hydrogen-bond donors (Lipinski definition) is 1. The zero-order chi connectivity index (χ0) is 30.3. The maximum absolute atomic E-state index is 14.2. The Labute approximate surface area is 257 Å². The van der Waals surface area contributed by atoms with Crippen LogP contribution < -0.4 is 14.4 Å². The molecule has 3 aromatic rings. The van der Waals surface area contributed by atoms with Crippen molar-refractivity contribution in [3.05, 3.63) is 88.4 Å². The van der Waals surface area contributed by atoms with Crippen LogP contribution in [0, 0.1) is 0 Å². The van der Waals surface area contributed by atoms with E-state index in [2.05, 4.69) is 5.32 Å². The third-order valence-corrected chi connectivity index (χ3v) is 9.90. The van der Waals surface area contributed by atoms with Crippen molar-refractivity contribution in [2.24, 2.45) is 0 Å². The molecule has 0 bridgehead atoms. The van der Waals surface area contributed by atoms with Gasteiger partial charge in [-0.05, 0) is 61.2 Å². The Morgan fingerprint density at radius 2 is 1.64 bits per heavy atom. The van der Waals surface area contributed by atoms with Crippen LogP contribution in [-0.2, 0) is 26.2 Å². The standard InChI is InChI=1S/C31H35Cl2N3O5S/c1-3-27(31(38)34-23-11-7-8-12-23)35(20-22-17-18-25(32)26(33)19-22)30(37)21-36(28-15-9-10-16-29(28)41-2)42(39,40)24-13-5-4-6-14-24/h4-6,9-10,13-19,23,27H,3,7-8,11-12,20-21H2,1-2H3,(H,34,38)/t27-/m0/s1. The van der Waals surface area contributed by atoms with E-state index in [4.69, 9.17) is 27.9 Å². The molecule has 3 aromatic carbocycles. The number of anilines is 1. The van der Waals surface area contributed by atoms with E-state index >= 15 is 0 Å². The lowest BCUT2D eigenvalue weighted by atomic mass is 10.1. The average molecular weight is 633 g/mol. The second kappa shape index (κ2) is 14.3. The van der Waals surface area contributed by atoms with Crippen LogP contribution in [-0.4, -0.2) is 50.9 Å². The minimum atomic E-state index is -4.21. The van der Waals surface area contributed by atoms with Crippen molar-refractivity contribution in [3.63, 3.8) is 0 Å². The smallest absolute Gasteiger partial charge is 0.264 e. The number of hydrogen-bond acceptors (Lipinski definition) is 5. The fourth-order valence-corrected chi connectivity index (χ4v) is 6.96. The predicted octanol–water partition coefficient (Wildman–Crippen LogP) is 6.06. The molecule has 2 amide bonds. The third kappa shape index (κ3) is 7.38. The van der Waals surface area contributed by atoms with Gasteiger partial charge in [0, 0.05) is 12.6 Å². The zero-order valence-electron chi connectivity index (χ0n) is 23.6. The van der Waals surface area contributed by atoms with Crippen LogP contribution in [0.25, 0.3) is 0 Å². The number of ether oxygens (including phenoxy) is 1. The maximum atomic E-state index is 14.2. The molecule has 0 unspecified atom stereocenters. The van der Waals surface area contributed by atoms with E-state index in [0.717, 1.165) is 30.0 Å². The van der Waals surface area contributed by atoms with E-state index in [0.29, 0.717) is 22.0 Å². The minimum Gasteiger partial charge on any atom is -0.495 e. The number of halogens is 2. The van der Waals surface area contributed by atoms with Crippen LogP contribution in [0.15, 0.2) is 77.7 Å². The summed E-state index contributed by atoms with van der Waals surface area (Å²) in [6.07, 6.45) is 4.18. The molecule has 8 nitrogen and oxygen atoms in total. The molecule has 1 N–H and O–H groups in total. The van der Waals surface area contributed by atoms with Gasteiger partial charge in [-0.25, -0.2) is 8.42 Å². The van der Waals surface area contributed by atoms with Crippen molar-refractivity contribution in [1.29, 1.82) is 0 Å². The molecule has 1 saturated carbocycles. The molecule has 1 atom stereocenters. The van der Waals surface area contributed by atoms with Gasteiger partial charge in [-0.15, -0.1) is 0 Å². The fourth-order valence-electron chi connectivity index (χ4n) is 5.19. The van der Waals surface area contributed by atoms with Gasteiger partial charge < -0.3 is 15.0 Å². The highest BCUT2D eigenvalue weighted by atomic mass is 35.5. The number of rotatable bonds is 12. The van der Waals surface area contributed by atoms with Gasteiger partial charge in [0.25, 0.3) is 10.0 Å². The van der Waals surface area contributed by atoms with Crippen molar-refractivity contribution in [2.45, 2.75) is 62.6 Å². The van der Waals surface area contributed by atoms with Crippen LogP contribution in [0.5, 0.6) is 5.75 Å². The molecule has 0 spiro atoms. The number of nitrogens with zero attached hydrogens (tertiary/aromatic N) is 2. The van der Waals surface area contributed by atoms with Gasteiger partial charge in [0.1, 0.15) is 18.3 Å². The Morgan fingerprint density at radius 3 is 2.29 bits per heavy atom. The number of sulfonamides is 1. The molecular weight excluding hydrogens is 597 g/mol. The lowest BCUT2D eigenvalue weighted by Gasteiger charge is -2.34. The number of para-hydroxylation sites is 2. The molecular formula is C31H35Cl2N3O5S. The average Bonchev–Trinajstić information content (AvgIpc) is 3.51.